The molecule has 2 fully saturated rings. The van der Waals surface area contributed by atoms with Gasteiger partial charge in [0.1, 0.15) is 0 Å². The normalized spacial score (nSPS) is 18.9. The molecule has 2 saturated heterocycles. The maximum absolute atomic E-state index is 13.0. The van der Waals surface area contributed by atoms with Crippen molar-refractivity contribution in [2.75, 3.05) is 26.2 Å². The molecule has 0 aliphatic carbocycles. The maximum atomic E-state index is 13.0. The zero-order valence-electron chi connectivity index (χ0n) is 15.8. The molecule has 2 aliphatic rings. The molecular weight excluding hydrogens is 362 g/mol. The molecular formula is C20H28ClN5O. The highest BCUT2D eigenvalue weighted by Crippen LogP contribution is 2.31. The van der Waals surface area contributed by atoms with E-state index in [1.165, 1.54) is 12.8 Å². The van der Waals surface area contributed by atoms with E-state index in [4.69, 9.17) is 0 Å². The van der Waals surface area contributed by atoms with E-state index in [1.54, 1.807) is 17.1 Å². The quantitative estimate of drug-likeness (QED) is 0.876. The van der Waals surface area contributed by atoms with E-state index in [0.717, 1.165) is 62.4 Å². The van der Waals surface area contributed by atoms with Gasteiger partial charge in [-0.05, 0) is 69.7 Å². The van der Waals surface area contributed by atoms with Gasteiger partial charge < -0.3 is 10.2 Å². The van der Waals surface area contributed by atoms with E-state index in [9.17, 15) is 4.79 Å². The minimum Gasteiger partial charge on any atom is -0.339 e. The largest absolute Gasteiger partial charge is 0.339 e. The Morgan fingerprint density at radius 3 is 2.48 bits per heavy atom. The van der Waals surface area contributed by atoms with Crippen LogP contribution in [-0.4, -0.2) is 51.8 Å². The van der Waals surface area contributed by atoms with Crippen LogP contribution in [0.5, 0.6) is 0 Å². The summed E-state index contributed by atoms with van der Waals surface area (Å²) in [6.45, 7) is 5.96. The summed E-state index contributed by atoms with van der Waals surface area (Å²) >= 11 is 0. The second kappa shape index (κ2) is 8.85. The molecule has 2 aromatic heterocycles. The van der Waals surface area contributed by atoms with Crippen molar-refractivity contribution in [3.05, 3.63) is 41.9 Å². The summed E-state index contributed by atoms with van der Waals surface area (Å²) < 4.78 is 1.75. The van der Waals surface area contributed by atoms with Gasteiger partial charge >= 0.3 is 0 Å². The van der Waals surface area contributed by atoms with Gasteiger partial charge in [0, 0.05) is 19.3 Å². The van der Waals surface area contributed by atoms with Crippen molar-refractivity contribution in [2.45, 2.75) is 32.6 Å². The summed E-state index contributed by atoms with van der Waals surface area (Å²) in [5.74, 6) is 2.46. The molecule has 2 aromatic rings. The summed E-state index contributed by atoms with van der Waals surface area (Å²) in [6, 6.07) is 5.70. The van der Waals surface area contributed by atoms with Gasteiger partial charge in [-0.1, -0.05) is 6.07 Å². The monoisotopic (exact) mass is 389 g/mol. The maximum Gasteiger partial charge on any atom is 0.257 e. The highest BCUT2D eigenvalue weighted by molar-refractivity contribution is 5.95. The molecule has 4 rings (SSSR count). The number of pyridine rings is 1. The molecule has 7 heteroatoms. The average Bonchev–Trinajstić information content (AvgIpc) is 3.10. The summed E-state index contributed by atoms with van der Waals surface area (Å²) in [5, 5.41) is 7.84. The van der Waals surface area contributed by atoms with Crippen molar-refractivity contribution in [1.29, 1.82) is 0 Å². The Hall–Kier alpha value is -1.92. The molecule has 0 atom stereocenters. The van der Waals surface area contributed by atoms with Crippen LogP contribution in [0.4, 0.5) is 0 Å². The van der Waals surface area contributed by atoms with Gasteiger partial charge in [0.05, 0.1) is 17.5 Å². The van der Waals surface area contributed by atoms with E-state index < -0.39 is 0 Å². The van der Waals surface area contributed by atoms with E-state index in [2.05, 4.69) is 15.4 Å². The van der Waals surface area contributed by atoms with E-state index in [1.807, 2.05) is 30.0 Å². The van der Waals surface area contributed by atoms with Crippen molar-refractivity contribution in [1.82, 2.24) is 25.0 Å². The smallest absolute Gasteiger partial charge is 0.257 e. The van der Waals surface area contributed by atoms with Gasteiger partial charge in [-0.25, -0.2) is 9.67 Å². The number of halogens is 1. The van der Waals surface area contributed by atoms with Gasteiger partial charge in [-0.15, -0.1) is 12.4 Å². The molecule has 0 saturated carbocycles. The fraction of sp³-hybridized carbons (Fsp3) is 0.550. The number of nitrogens with one attached hydrogen (secondary N) is 1. The number of carbonyl (C=O) groups excluding carboxylic acids is 1. The van der Waals surface area contributed by atoms with Crippen LogP contribution in [0.3, 0.4) is 0 Å². The molecule has 0 unspecified atom stereocenters. The molecule has 146 valence electrons. The first-order chi connectivity index (χ1) is 12.7. The lowest BCUT2D eigenvalue weighted by Crippen LogP contribution is -2.42. The van der Waals surface area contributed by atoms with Crippen LogP contribution in [0.15, 0.2) is 30.6 Å². The number of hydrogen-bond donors (Lipinski definition) is 1. The van der Waals surface area contributed by atoms with Gasteiger partial charge in [0.2, 0.25) is 0 Å². The molecule has 2 aliphatic heterocycles. The van der Waals surface area contributed by atoms with Gasteiger partial charge in [0.15, 0.2) is 5.82 Å². The van der Waals surface area contributed by atoms with Gasteiger partial charge in [-0.3, -0.25) is 4.79 Å². The van der Waals surface area contributed by atoms with Gasteiger partial charge in [0.25, 0.3) is 5.91 Å². The number of hydrogen-bond acceptors (Lipinski definition) is 4. The summed E-state index contributed by atoms with van der Waals surface area (Å²) in [6.07, 6.45) is 8.26. The van der Waals surface area contributed by atoms with E-state index in [0.29, 0.717) is 5.56 Å². The summed E-state index contributed by atoms with van der Waals surface area (Å²) in [7, 11) is 0. The molecule has 27 heavy (non-hydrogen) atoms. The van der Waals surface area contributed by atoms with Crippen LogP contribution in [0.1, 0.15) is 41.7 Å². The molecule has 0 aromatic carbocycles. The molecule has 0 spiro atoms. The minimum atomic E-state index is 0. The first-order valence-corrected chi connectivity index (χ1v) is 9.70. The topological polar surface area (TPSA) is 63.1 Å². The number of carbonyl (C=O) groups is 1. The highest BCUT2D eigenvalue weighted by Gasteiger charge is 2.30. The predicted octanol–water partition coefficient (Wildman–Crippen LogP) is 2.85. The zero-order valence-corrected chi connectivity index (χ0v) is 16.6. The Labute approximate surface area is 166 Å². The number of amides is 1. The van der Waals surface area contributed by atoms with Crippen molar-refractivity contribution >= 4 is 18.3 Å². The fourth-order valence-corrected chi connectivity index (χ4v) is 4.39. The summed E-state index contributed by atoms with van der Waals surface area (Å²) in [5.41, 5.74) is 1.55. The lowest BCUT2D eigenvalue weighted by atomic mass is 9.79. The SMILES string of the molecule is Cc1c(C(=O)N2CCC(C3CCNCC3)CC2)cnn1-c1ccccn1.Cl. The van der Waals surface area contributed by atoms with E-state index >= 15 is 0 Å². The van der Waals surface area contributed by atoms with Crippen molar-refractivity contribution in [3.63, 3.8) is 0 Å². The van der Waals surface area contributed by atoms with Gasteiger partial charge in [-0.2, -0.15) is 5.10 Å². The highest BCUT2D eigenvalue weighted by atomic mass is 35.5. The summed E-state index contributed by atoms with van der Waals surface area (Å²) in [4.78, 5) is 19.3. The third-order valence-electron chi connectivity index (χ3n) is 5.98. The number of piperidine rings is 2. The second-order valence-electron chi connectivity index (χ2n) is 7.46. The Balaban J connectivity index is 0.00000210. The van der Waals surface area contributed by atoms with Crippen molar-refractivity contribution < 1.29 is 4.79 Å². The number of aromatic nitrogens is 3. The van der Waals surface area contributed by atoms with Crippen molar-refractivity contribution in [2.24, 2.45) is 11.8 Å². The predicted molar refractivity (Wildman–Crippen MR) is 108 cm³/mol. The Kier molecular flexibility index (Phi) is 6.50. The third-order valence-corrected chi connectivity index (χ3v) is 5.98. The van der Waals surface area contributed by atoms with E-state index in [-0.39, 0.29) is 18.3 Å². The second-order valence-corrected chi connectivity index (χ2v) is 7.46. The minimum absolute atomic E-state index is 0. The Morgan fingerprint density at radius 1 is 1.11 bits per heavy atom. The van der Waals surface area contributed by atoms with Crippen LogP contribution >= 0.6 is 12.4 Å². The van der Waals surface area contributed by atoms with Crippen LogP contribution in [0.25, 0.3) is 5.82 Å². The molecule has 4 heterocycles. The fourth-order valence-electron chi connectivity index (χ4n) is 4.39. The third kappa shape index (κ3) is 4.17. The standard InChI is InChI=1S/C20H27N5O.ClH/c1-15-18(14-23-25(15)19-4-2-3-9-22-19)20(26)24-12-7-17(8-13-24)16-5-10-21-11-6-16;/h2-4,9,14,16-17,21H,5-8,10-13H2,1H3;1H. The first kappa shape index (κ1) is 19.8. The van der Waals surface area contributed by atoms with Crippen LogP contribution in [0.2, 0.25) is 0 Å². The molecule has 0 bridgehead atoms. The average molecular weight is 390 g/mol. The lowest BCUT2D eigenvalue weighted by Gasteiger charge is -2.37. The molecule has 1 N–H and O–H groups in total. The molecule has 0 radical (unpaired) electrons. The Bertz CT molecular complexity index is 749. The zero-order chi connectivity index (χ0) is 17.9. The number of nitrogens with zero attached hydrogens (tertiary/aromatic N) is 4. The number of rotatable bonds is 3. The molecule has 1 amide bonds. The van der Waals surface area contributed by atoms with Crippen LogP contribution in [-0.2, 0) is 0 Å². The first-order valence-electron chi connectivity index (χ1n) is 9.70. The number of likely N-dealkylation sites (tertiary alicyclic amines) is 1. The molecule has 6 nitrogen and oxygen atoms in total. The van der Waals surface area contributed by atoms with Crippen molar-refractivity contribution in [3.8, 4) is 5.82 Å². The van der Waals surface area contributed by atoms with Crippen LogP contribution in [0, 0.1) is 18.8 Å². The van der Waals surface area contributed by atoms with Crippen LogP contribution < -0.4 is 5.32 Å². The Morgan fingerprint density at radius 2 is 1.81 bits per heavy atom. The lowest BCUT2D eigenvalue weighted by molar-refractivity contribution is 0.0641.